The molecule has 0 amide bonds. The number of hydrogen-bond donors (Lipinski definition) is 0. The lowest BCUT2D eigenvalue weighted by molar-refractivity contribution is 0.591. The molecule has 1 heterocycles. The number of hydrogen-bond acceptors (Lipinski definition) is 3. The Bertz CT molecular complexity index is 1900. The smallest absolute Gasteiger partial charge is 0.206 e. The highest BCUT2D eigenvalue weighted by atomic mass is 31.2. The molecular weight excluding hydrogens is 507 g/mol. The molecule has 6 aromatic carbocycles. The van der Waals surface area contributed by atoms with Crippen molar-refractivity contribution in [3.63, 3.8) is 0 Å². The molecule has 7 rings (SSSR count). The zero-order valence-corrected chi connectivity index (χ0v) is 22.6. The van der Waals surface area contributed by atoms with Crippen LogP contribution in [0.4, 0.5) is 0 Å². The first-order valence-electron chi connectivity index (χ1n) is 13.3. The van der Waals surface area contributed by atoms with Gasteiger partial charge in [0.25, 0.3) is 0 Å². The topological polar surface area (TPSA) is 42.9 Å². The Kier molecular flexibility index (Phi) is 6.07. The quantitative estimate of drug-likeness (QED) is 0.213. The van der Waals surface area contributed by atoms with Crippen LogP contribution >= 0.6 is 7.14 Å². The molecule has 0 saturated carbocycles. The van der Waals surface area contributed by atoms with E-state index in [1.165, 1.54) is 0 Å². The van der Waals surface area contributed by atoms with E-state index < -0.39 is 7.14 Å². The molecule has 3 nitrogen and oxygen atoms in total. The Balaban J connectivity index is 1.51. The van der Waals surface area contributed by atoms with Crippen molar-refractivity contribution in [3.8, 4) is 22.5 Å². The third-order valence-corrected chi connectivity index (χ3v) is 10.1. The van der Waals surface area contributed by atoms with Crippen LogP contribution in [-0.2, 0) is 4.57 Å². The van der Waals surface area contributed by atoms with Crippen molar-refractivity contribution in [3.05, 3.63) is 152 Å². The average Bonchev–Trinajstić information content (AvgIpc) is 3.04. The van der Waals surface area contributed by atoms with E-state index in [1.807, 2.05) is 91.0 Å². The molecule has 0 aliphatic rings. The van der Waals surface area contributed by atoms with Crippen molar-refractivity contribution in [1.82, 2.24) is 9.97 Å². The molecule has 7 aromatic rings. The highest BCUT2D eigenvalue weighted by Gasteiger charge is 2.33. The van der Waals surface area contributed by atoms with Gasteiger partial charge in [-0.25, -0.2) is 9.97 Å². The van der Waals surface area contributed by atoms with Crippen molar-refractivity contribution in [2.24, 2.45) is 0 Å². The van der Waals surface area contributed by atoms with Gasteiger partial charge in [0.2, 0.25) is 7.14 Å². The largest absolute Gasteiger partial charge is 0.305 e. The minimum Gasteiger partial charge on any atom is -0.305 e. The summed E-state index contributed by atoms with van der Waals surface area (Å²) in [5, 5.41) is 6.00. The Hall–Kier alpha value is -4.85. The Labute approximate surface area is 233 Å². The van der Waals surface area contributed by atoms with Crippen molar-refractivity contribution in [1.29, 1.82) is 0 Å². The summed E-state index contributed by atoms with van der Waals surface area (Å²) >= 11 is 0. The van der Waals surface area contributed by atoms with Gasteiger partial charge in [-0.2, -0.15) is 0 Å². The van der Waals surface area contributed by atoms with E-state index in [-0.39, 0.29) is 0 Å². The van der Waals surface area contributed by atoms with Crippen LogP contribution in [0, 0.1) is 0 Å². The van der Waals surface area contributed by atoms with Gasteiger partial charge in [-0.3, -0.25) is 0 Å². The minimum atomic E-state index is -3.39. The summed E-state index contributed by atoms with van der Waals surface area (Å²) in [4.78, 5) is 10.1. The van der Waals surface area contributed by atoms with E-state index in [0.717, 1.165) is 44.1 Å². The van der Waals surface area contributed by atoms with E-state index in [0.29, 0.717) is 16.2 Å². The van der Waals surface area contributed by atoms with Gasteiger partial charge < -0.3 is 4.57 Å². The summed E-state index contributed by atoms with van der Waals surface area (Å²) in [7, 11) is -3.39. The lowest BCUT2D eigenvalue weighted by atomic mass is 10.0. The Morgan fingerprint density at radius 2 is 0.800 bits per heavy atom. The molecule has 0 radical (unpaired) electrons. The van der Waals surface area contributed by atoms with Crippen LogP contribution in [0.1, 0.15) is 0 Å². The Morgan fingerprint density at radius 1 is 0.400 bits per heavy atom. The number of nitrogens with zero attached hydrogens (tertiary/aromatic N) is 2. The summed E-state index contributed by atoms with van der Waals surface area (Å²) in [6.07, 6.45) is 0. The fourth-order valence-corrected chi connectivity index (χ4v) is 7.67. The van der Waals surface area contributed by atoms with Gasteiger partial charge >= 0.3 is 0 Å². The van der Waals surface area contributed by atoms with Crippen molar-refractivity contribution < 1.29 is 4.57 Å². The van der Waals surface area contributed by atoms with Gasteiger partial charge in [0, 0.05) is 21.7 Å². The summed E-state index contributed by atoms with van der Waals surface area (Å²) in [6.45, 7) is 0. The number of benzene rings is 6. The zero-order valence-electron chi connectivity index (χ0n) is 21.7. The van der Waals surface area contributed by atoms with Crippen LogP contribution in [0.25, 0.3) is 44.1 Å². The van der Waals surface area contributed by atoms with Gasteiger partial charge in [0.1, 0.15) is 0 Å². The van der Waals surface area contributed by atoms with Crippen LogP contribution in [-0.4, -0.2) is 9.97 Å². The molecule has 0 saturated heterocycles. The second kappa shape index (κ2) is 10.0. The monoisotopic (exact) mass is 532 g/mol. The predicted molar refractivity (Wildman–Crippen MR) is 167 cm³/mol. The highest BCUT2D eigenvalue weighted by molar-refractivity contribution is 7.84. The standard InChI is InChI=1S/C36H25N2OP/c39-40(32-15-3-1-4-16-32,33-17-5-2-6-18-33)36-37-34(30-21-19-26-11-7-9-13-28(26)23-30)25-35(38-36)31-22-20-27-12-8-10-14-29(27)24-31/h1-25H. The van der Waals surface area contributed by atoms with Gasteiger partial charge in [-0.05, 0) is 39.7 Å². The molecular formula is C36H25N2OP. The SMILES string of the molecule is O=P(c1ccccc1)(c1ccccc1)c1nc(-c2ccc3ccccc3c2)cc(-c2ccc3ccccc3c2)n1. The molecule has 0 spiro atoms. The van der Waals surface area contributed by atoms with E-state index in [1.54, 1.807) is 0 Å². The fourth-order valence-electron chi connectivity index (χ4n) is 5.22. The third kappa shape index (κ3) is 4.31. The van der Waals surface area contributed by atoms with Crippen molar-refractivity contribution in [2.75, 3.05) is 0 Å². The maximum Gasteiger partial charge on any atom is 0.206 e. The first kappa shape index (κ1) is 24.2. The fraction of sp³-hybridized carbons (Fsp3) is 0. The summed E-state index contributed by atoms with van der Waals surface area (Å²) < 4.78 is 15.3. The van der Waals surface area contributed by atoms with Gasteiger partial charge in [0.05, 0.1) is 11.4 Å². The van der Waals surface area contributed by atoms with Crippen LogP contribution in [0.15, 0.2) is 152 Å². The third-order valence-electron chi connectivity index (χ3n) is 7.33. The van der Waals surface area contributed by atoms with Crippen LogP contribution in [0.3, 0.4) is 0 Å². The van der Waals surface area contributed by atoms with E-state index >= 15 is 4.57 Å². The lowest BCUT2D eigenvalue weighted by Crippen LogP contribution is -2.29. The molecule has 190 valence electrons. The molecule has 0 unspecified atom stereocenters. The van der Waals surface area contributed by atoms with E-state index in [2.05, 4.69) is 60.7 Å². The average molecular weight is 533 g/mol. The number of aromatic nitrogens is 2. The van der Waals surface area contributed by atoms with Crippen LogP contribution in [0.5, 0.6) is 0 Å². The highest BCUT2D eigenvalue weighted by Crippen LogP contribution is 2.42. The normalized spacial score (nSPS) is 11.6. The summed E-state index contributed by atoms with van der Waals surface area (Å²) in [5.41, 5.74) is 3.73. The molecule has 0 fully saturated rings. The summed E-state index contributed by atoms with van der Waals surface area (Å²) in [5.74, 6) is 0. The summed E-state index contributed by atoms with van der Waals surface area (Å²) in [6, 6.07) is 50.4. The maximum absolute atomic E-state index is 15.3. The minimum absolute atomic E-state index is 0.332. The number of rotatable bonds is 5. The second-order valence-corrected chi connectivity index (χ2v) is 12.5. The molecule has 4 heteroatoms. The first-order chi connectivity index (χ1) is 19.7. The molecule has 0 atom stereocenters. The molecule has 40 heavy (non-hydrogen) atoms. The molecule has 0 aliphatic heterocycles. The predicted octanol–water partition coefficient (Wildman–Crippen LogP) is 7.76. The van der Waals surface area contributed by atoms with Gasteiger partial charge in [-0.15, -0.1) is 0 Å². The zero-order chi connectivity index (χ0) is 26.9. The maximum atomic E-state index is 15.3. The first-order valence-corrected chi connectivity index (χ1v) is 15.0. The van der Waals surface area contributed by atoms with Gasteiger partial charge in [0.15, 0.2) is 5.57 Å². The Morgan fingerprint density at radius 3 is 1.25 bits per heavy atom. The van der Waals surface area contributed by atoms with E-state index in [4.69, 9.17) is 9.97 Å². The molecule has 0 bridgehead atoms. The molecule has 1 aromatic heterocycles. The lowest BCUT2D eigenvalue weighted by Gasteiger charge is -2.20. The van der Waals surface area contributed by atoms with Crippen LogP contribution in [0.2, 0.25) is 0 Å². The van der Waals surface area contributed by atoms with Crippen LogP contribution < -0.4 is 16.2 Å². The van der Waals surface area contributed by atoms with Crippen molar-refractivity contribution >= 4 is 44.9 Å². The van der Waals surface area contributed by atoms with Gasteiger partial charge in [-0.1, -0.05) is 133 Å². The van der Waals surface area contributed by atoms with E-state index in [9.17, 15) is 0 Å². The molecule has 0 aliphatic carbocycles. The molecule has 0 N–H and O–H groups in total. The van der Waals surface area contributed by atoms with Crippen molar-refractivity contribution in [2.45, 2.75) is 0 Å². The second-order valence-electron chi connectivity index (χ2n) is 9.84. The number of fused-ring (bicyclic) bond motifs is 2.